The van der Waals surface area contributed by atoms with Crippen molar-refractivity contribution in [3.05, 3.63) is 47.5 Å². The van der Waals surface area contributed by atoms with Crippen molar-refractivity contribution in [3.63, 3.8) is 0 Å². The van der Waals surface area contributed by atoms with Gasteiger partial charge in [0.15, 0.2) is 0 Å². The smallest absolute Gasteiger partial charge is 0.354 e. The standard InChI is InChI=1S/C13H14N4O3/c1-17-9(6-8-15-17)5-7-14-12(18)10-3-2-4-11(16-10)13(19)20/h2-4,6,8H,5,7H2,1H3,(H,14,18)(H,19,20). The highest BCUT2D eigenvalue weighted by atomic mass is 16.4. The fraction of sp³-hybridized carbons (Fsp3) is 0.231. The third kappa shape index (κ3) is 3.19. The number of nitrogens with one attached hydrogen (secondary N) is 1. The van der Waals surface area contributed by atoms with Gasteiger partial charge >= 0.3 is 5.97 Å². The number of carboxylic acids is 1. The van der Waals surface area contributed by atoms with Gasteiger partial charge in [-0.25, -0.2) is 9.78 Å². The highest BCUT2D eigenvalue weighted by molar-refractivity contribution is 5.94. The van der Waals surface area contributed by atoms with Crippen molar-refractivity contribution < 1.29 is 14.7 Å². The van der Waals surface area contributed by atoms with Crippen molar-refractivity contribution in [3.8, 4) is 0 Å². The van der Waals surface area contributed by atoms with Crippen LogP contribution in [0.5, 0.6) is 0 Å². The van der Waals surface area contributed by atoms with Gasteiger partial charge in [-0.1, -0.05) is 6.07 Å². The van der Waals surface area contributed by atoms with Crippen molar-refractivity contribution in [1.82, 2.24) is 20.1 Å². The number of aryl methyl sites for hydroxylation is 1. The molecule has 2 aromatic rings. The molecule has 2 heterocycles. The zero-order valence-corrected chi connectivity index (χ0v) is 10.9. The van der Waals surface area contributed by atoms with E-state index in [2.05, 4.69) is 15.4 Å². The van der Waals surface area contributed by atoms with Crippen LogP contribution in [0.2, 0.25) is 0 Å². The summed E-state index contributed by atoms with van der Waals surface area (Å²) in [5.74, 6) is -1.55. The van der Waals surface area contributed by atoms with Crippen molar-refractivity contribution in [2.45, 2.75) is 6.42 Å². The molecule has 0 aromatic carbocycles. The van der Waals surface area contributed by atoms with E-state index in [1.807, 2.05) is 13.1 Å². The minimum Gasteiger partial charge on any atom is -0.477 e. The second-order valence-electron chi connectivity index (χ2n) is 4.17. The van der Waals surface area contributed by atoms with Gasteiger partial charge in [0.25, 0.3) is 5.91 Å². The van der Waals surface area contributed by atoms with Crippen molar-refractivity contribution >= 4 is 11.9 Å². The molecule has 0 unspecified atom stereocenters. The zero-order valence-electron chi connectivity index (χ0n) is 10.9. The SMILES string of the molecule is Cn1nccc1CCNC(=O)c1cccc(C(=O)O)n1. The normalized spacial score (nSPS) is 10.2. The Kier molecular flexibility index (Phi) is 4.09. The van der Waals surface area contributed by atoms with Gasteiger partial charge in [0, 0.05) is 31.9 Å². The first-order valence-electron chi connectivity index (χ1n) is 6.03. The van der Waals surface area contributed by atoms with Gasteiger partial charge in [0.05, 0.1) is 0 Å². The predicted molar refractivity (Wildman–Crippen MR) is 70.4 cm³/mol. The number of aromatic nitrogens is 3. The largest absolute Gasteiger partial charge is 0.477 e. The summed E-state index contributed by atoms with van der Waals surface area (Å²) in [6, 6.07) is 6.18. The Balaban J connectivity index is 1.93. The Morgan fingerprint density at radius 1 is 1.30 bits per heavy atom. The molecule has 7 heteroatoms. The van der Waals surface area contributed by atoms with Gasteiger partial charge in [-0.15, -0.1) is 0 Å². The summed E-state index contributed by atoms with van der Waals surface area (Å²) in [6.07, 6.45) is 2.33. The van der Waals surface area contributed by atoms with Crippen molar-refractivity contribution in [2.75, 3.05) is 6.54 Å². The first kappa shape index (κ1) is 13.7. The summed E-state index contributed by atoms with van der Waals surface area (Å²) in [5, 5.41) is 15.5. The summed E-state index contributed by atoms with van der Waals surface area (Å²) in [7, 11) is 1.83. The van der Waals surface area contributed by atoms with Crippen LogP contribution in [-0.2, 0) is 13.5 Å². The molecule has 0 saturated heterocycles. The molecule has 0 spiro atoms. The lowest BCUT2D eigenvalue weighted by Gasteiger charge is -2.05. The van der Waals surface area contributed by atoms with Crippen molar-refractivity contribution in [2.24, 2.45) is 7.05 Å². The second kappa shape index (κ2) is 5.96. The molecule has 2 rings (SSSR count). The number of carboxylic acid groups (broad SMARTS) is 1. The number of hydrogen-bond acceptors (Lipinski definition) is 4. The molecule has 0 radical (unpaired) electrons. The van der Waals surface area contributed by atoms with Crippen LogP contribution in [0.15, 0.2) is 30.5 Å². The van der Waals surface area contributed by atoms with E-state index >= 15 is 0 Å². The Morgan fingerprint density at radius 3 is 2.70 bits per heavy atom. The van der Waals surface area contributed by atoms with Gasteiger partial charge in [-0.3, -0.25) is 9.48 Å². The van der Waals surface area contributed by atoms with Gasteiger partial charge in [-0.05, 0) is 18.2 Å². The number of carbonyl (C=O) groups is 2. The molecule has 2 N–H and O–H groups in total. The van der Waals surface area contributed by atoms with Crippen LogP contribution in [0.4, 0.5) is 0 Å². The Morgan fingerprint density at radius 2 is 2.05 bits per heavy atom. The number of hydrogen-bond donors (Lipinski definition) is 2. The summed E-state index contributed by atoms with van der Waals surface area (Å²) in [4.78, 5) is 26.4. The maximum atomic E-state index is 11.8. The van der Waals surface area contributed by atoms with Crippen LogP contribution in [0.25, 0.3) is 0 Å². The fourth-order valence-electron chi connectivity index (χ4n) is 1.72. The van der Waals surface area contributed by atoms with E-state index in [1.165, 1.54) is 18.2 Å². The lowest BCUT2D eigenvalue weighted by molar-refractivity contribution is 0.0690. The molecule has 7 nitrogen and oxygen atoms in total. The molecule has 20 heavy (non-hydrogen) atoms. The number of rotatable bonds is 5. The van der Waals surface area contributed by atoms with Gasteiger partial charge < -0.3 is 10.4 Å². The second-order valence-corrected chi connectivity index (χ2v) is 4.17. The predicted octanol–water partition coefficient (Wildman–Crippen LogP) is 0.486. The van der Waals surface area contributed by atoms with Gasteiger partial charge in [-0.2, -0.15) is 5.10 Å². The quantitative estimate of drug-likeness (QED) is 0.826. The highest BCUT2D eigenvalue weighted by Gasteiger charge is 2.11. The van der Waals surface area contributed by atoms with Crippen LogP contribution in [0, 0.1) is 0 Å². The van der Waals surface area contributed by atoms with E-state index in [0.29, 0.717) is 13.0 Å². The Labute approximate surface area is 115 Å². The molecule has 2 aromatic heterocycles. The number of nitrogens with zero attached hydrogens (tertiary/aromatic N) is 3. The first-order chi connectivity index (χ1) is 9.58. The Bertz CT molecular complexity index is 636. The highest BCUT2D eigenvalue weighted by Crippen LogP contribution is 2.00. The molecular formula is C13H14N4O3. The monoisotopic (exact) mass is 274 g/mol. The molecule has 0 aliphatic heterocycles. The molecule has 0 fully saturated rings. The lowest BCUT2D eigenvalue weighted by atomic mass is 10.2. The van der Waals surface area contributed by atoms with E-state index in [1.54, 1.807) is 10.9 Å². The van der Waals surface area contributed by atoms with Crippen LogP contribution in [0.3, 0.4) is 0 Å². The van der Waals surface area contributed by atoms with Crippen molar-refractivity contribution in [1.29, 1.82) is 0 Å². The molecule has 0 aliphatic carbocycles. The molecule has 0 aliphatic rings. The first-order valence-corrected chi connectivity index (χ1v) is 6.03. The summed E-state index contributed by atoms with van der Waals surface area (Å²) in [6.45, 7) is 0.428. The molecule has 0 saturated carbocycles. The molecule has 0 atom stereocenters. The topological polar surface area (TPSA) is 97.1 Å². The van der Waals surface area contributed by atoms with E-state index in [4.69, 9.17) is 5.11 Å². The van der Waals surface area contributed by atoms with E-state index in [9.17, 15) is 9.59 Å². The Hall–Kier alpha value is -2.70. The third-order valence-electron chi connectivity index (χ3n) is 2.79. The minimum absolute atomic E-state index is 0.0925. The number of amides is 1. The summed E-state index contributed by atoms with van der Waals surface area (Å²) < 4.78 is 1.73. The maximum absolute atomic E-state index is 11.8. The van der Waals surface area contributed by atoms with E-state index in [0.717, 1.165) is 5.69 Å². The molecule has 1 amide bonds. The number of pyridine rings is 1. The number of carbonyl (C=O) groups excluding carboxylic acids is 1. The van der Waals surface area contributed by atoms with E-state index < -0.39 is 11.9 Å². The maximum Gasteiger partial charge on any atom is 0.354 e. The molecule has 0 bridgehead atoms. The average Bonchev–Trinajstić information content (AvgIpc) is 2.84. The third-order valence-corrected chi connectivity index (χ3v) is 2.79. The zero-order chi connectivity index (χ0) is 14.5. The summed E-state index contributed by atoms with van der Waals surface area (Å²) in [5.41, 5.74) is 0.941. The average molecular weight is 274 g/mol. The summed E-state index contributed by atoms with van der Waals surface area (Å²) >= 11 is 0. The van der Waals surface area contributed by atoms with Crippen LogP contribution in [-0.4, -0.2) is 38.3 Å². The van der Waals surface area contributed by atoms with Gasteiger partial charge in [0.1, 0.15) is 11.4 Å². The van der Waals surface area contributed by atoms with Crippen LogP contribution >= 0.6 is 0 Å². The van der Waals surface area contributed by atoms with E-state index in [-0.39, 0.29) is 11.4 Å². The number of aromatic carboxylic acids is 1. The fourth-order valence-corrected chi connectivity index (χ4v) is 1.72. The van der Waals surface area contributed by atoms with Crippen LogP contribution in [0.1, 0.15) is 26.7 Å². The van der Waals surface area contributed by atoms with Gasteiger partial charge in [0.2, 0.25) is 0 Å². The van der Waals surface area contributed by atoms with Crippen LogP contribution < -0.4 is 5.32 Å². The molecular weight excluding hydrogens is 260 g/mol. The molecule has 104 valence electrons. The lowest BCUT2D eigenvalue weighted by Crippen LogP contribution is -2.27. The minimum atomic E-state index is -1.16.